The number of nitrogen functional groups attached to an aromatic ring is 1. The molecule has 0 amide bonds. The van der Waals surface area contributed by atoms with Gasteiger partial charge in [0.05, 0.1) is 0 Å². The van der Waals surface area contributed by atoms with Crippen molar-refractivity contribution in [2.45, 2.75) is 6.92 Å². The molecule has 0 aliphatic rings. The van der Waals surface area contributed by atoms with Crippen molar-refractivity contribution in [3.8, 4) is 17.2 Å². The van der Waals surface area contributed by atoms with E-state index >= 15 is 0 Å². The topological polar surface area (TPSA) is 71.8 Å². The van der Waals surface area contributed by atoms with Crippen LogP contribution >= 0.6 is 0 Å². The van der Waals surface area contributed by atoms with Crippen molar-refractivity contribution in [3.63, 3.8) is 0 Å². The normalized spacial score (nSPS) is 10.2. The molecule has 1 aromatic heterocycles. The molecule has 0 bridgehead atoms. The quantitative estimate of drug-likeness (QED) is 0.848. The van der Waals surface area contributed by atoms with Gasteiger partial charge in [-0.2, -0.15) is 5.26 Å². The molecular formula is C14H12FN3O. The number of halogens is 1. The first kappa shape index (κ1) is 12.8. The Morgan fingerprint density at radius 3 is 2.63 bits per heavy atom. The van der Waals surface area contributed by atoms with E-state index in [9.17, 15) is 9.18 Å². The first-order chi connectivity index (χ1) is 8.95. The number of nitrogens with two attached hydrogens (primary N) is 1. The molecule has 1 heterocycles. The fourth-order valence-corrected chi connectivity index (χ4v) is 1.86. The third kappa shape index (κ3) is 2.08. The number of rotatable bonds is 1. The van der Waals surface area contributed by atoms with Gasteiger partial charge in [-0.1, -0.05) is 6.07 Å². The van der Waals surface area contributed by atoms with Crippen LogP contribution in [0.25, 0.3) is 11.1 Å². The van der Waals surface area contributed by atoms with E-state index in [1.54, 1.807) is 19.1 Å². The fourth-order valence-electron chi connectivity index (χ4n) is 1.86. The molecule has 2 N–H and O–H groups in total. The van der Waals surface area contributed by atoms with Crippen molar-refractivity contribution in [1.82, 2.24) is 4.57 Å². The number of hydrogen-bond acceptors (Lipinski definition) is 3. The van der Waals surface area contributed by atoms with Gasteiger partial charge in [-0.25, -0.2) is 4.39 Å². The molecule has 0 radical (unpaired) electrons. The van der Waals surface area contributed by atoms with Crippen LogP contribution in [-0.2, 0) is 7.05 Å². The maximum Gasteiger partial charge on any atom is 0.270 e. The SMILES string of the molecule is Cc1cc(-c2cc(N)n(C)c(=O)c2C#N)ccc1F. The lowest BCUT2D eigenvalue weighted by Gasteiger charge is -2.10. The number of aryl methyl sites for hydroxylation is 1. The third-order valence-electron chi connectivity index (χ3n) is 3.05. The van der Waals surface area contributed by atoms with Crippen molar-refractivity contribution >= 4 is 5.82 Å². The monoisotopic (exact) mass is 257 g/mol. The lowest BCUT2D eigenvalue weighted by Crippen LogP contribution is -2.23. The van der Waals surface area contributed by atoms with Crippen molar-refractivity contribution in [2.24, 2.45) is 7.05 Å². The van der Waals surface area contributed by atoms with Gasteiger partial charge >= 0.3 is 0 Å². The van der Waals surface area contributed by atoms with Gasteiger partial charge in [0, 0.05) is 12.6 Å². The highest BCUT2D eigenvalue weighted by Crippen LogP contribution is 2.25. The molecule has 19 heavy (non-hydrogen) atoms. The molecule has 0 aliphatic heterocycles. The van der Waals surface area contributed by atoms with Gasteiger partial charge in [0.25, 0.3) is 5.56 Å². The van der Waals surface area contributed by atoms with Gasteiger partial charge in [-0.15, -0.1) is 0 Å². The van der Waals surface area contributed by atoms with E-state index in [1.807, 2.05) is 6.07 Å². The number of aromatic nitrogens is 1. The average molecular weight is 257 g/mol. The summed E-state index contributed by atoms with van der Waals surface area (Å²) in [6.45, 7) is 1.62. The van der Waals surface area contributed by atoms with Crippen LogP contribution in [0.2, 0.25) is 0 Å². The lowest BCUT2D eigenvalue weighted by molar-refractivity contribution is 0.619. The largest absolute Gasteiger partial charge is 0.385 e. The summed E-state index contributed by atoms with van der Waals surface area (Å²) < 4.78 is 14.5. The van der Waals surface area contributed by atoms with Crippen LogP contribution in [0.3, 0.4) is 0 Å². The van der Waals surface area contributed by atoms with E-state index in [1.165, 1.54) is 23.7 Å². The highest BCUT2D eigenvalue weighted by atomic mass is 19.1. The minimum absolute atomic E-state index is 0.00251. The zero-order valence-electron chi connectivity index (χ0n) is 10.6. The number of nitriles is 1. The fraction of sp³-hybridized carbons (Fsp3) is 0.143. The van der Waals surface area contributed by atoms with Gasteiger partial charge in [-0.05, 0) is 36.2 Å². The summed E-state index contributed by atoms with van der Waals surface area (Å²) >= 11 is 0. The highest BCUT2D eigenvalue weighted by Gasteiger charge is 2.13. The van der Waals surface area contributed by atoms with Gasteiger partial charge in [0.2, 0.25) is 0 Å². The van der Waals surface area contributed by atoms with Gasteiger partial charge in [-0.3, -0.25) is 9.36 Å². The van der Waals surface area contributed by atoms with Crippen LogP contribution in [0.15, 0.2) is 29.1 Å². The van der Waals surface area contributed by atoms with Gasteiger partial charge < -0.3 is 5.73 Å². The molecule has 5 heteroatoms. The van der Waals surface area contributed by atoms with Crippen LogP contribution < -0.4 is 11.3 Å². The van der Waals surface area contributed by atoms with Crippen molar-refractivity contribution in [1.29, 1.82) is 5.26 Å². The molecule has 0 atom stereocenters. The molecule has 2 rings (SSSR count). The zero-order chi connectivity index (χ0) is 14.2. The third-order valence-corrected chi connectivity index (χ3v) is 3.05. The molecule has 96 valence electrons. The minimum atomic E-state index is -0.459. The summed E-state index contributed by atoms with van der Waals surface area (Å²) in [4.78, 5) is 12.0. The maximum absolute atomic E-state index is 13.3. The van der Waals surface area contributed by atoms with Crippen molar-refractivity contribution < 1.29 is 4.39 Å². The van der Waals surface area contributed by atoms with E-state index < -0.39 is 5.56 Å². The van der Waals surface area contributed by atoms with E-state index in [4.69, 9.17) is 11.0 Å². The van der Waals surface area contributed by atoms with E-state index in [0.717, 1.165) is 0 Å². The van der Waals surface area contributed by atoms with E-state index in [2.05, 4.69) is 0 Å². The zero-order valence-corrected chi connectivity index (χ0v) is 10.6. The smallest absolute Gasteiger partial charge is 0.270 e. The number of pyridine rings is 1. The molecule has 0 saturated carbocycles. The number of hydrogen-bond donors (Lipinski definition) is 1. The van der Waals surface area contributed by atoms with Crippen LogP contribution in [0.5, 0.6) is 0 Å². The van der Waals surface area contributed by atoms with Gasteiger partial charge in [0.15, 0.2) is 0 Å². The van der Waals surface area contributed by atoms with E-state index in [0.29, 0.717) is 16.7 Å². The number of benzene rings is 1. The molecule has 1 aromatic carbocycles. The Kier molecular flexibility index (Phi) is 3.09. The summed E-state index contributed by atoms with van der Waals surface area (Å²) in [5, 5.41) is 9.12. The number of nitrogens with zero attached hydrogens (tertiary/aromatic N) is 2. The summed E-state index contributed by atoms with van der Waals surface area (Å²) in [6, 6.07) is 7.85. The second kappa shape index (κ2) is 4.58. The van der Waals surface area contributed by atoms with E-state index in [-0.39, 0.29) is 17.2 Å². The summed E-state index contributed by atoms with van der Waals surface area (Å²) in [5.74, 6) is -0.0833. The number of anilines is 1. The Bertz CT molecular complexity index is 757. The Morgan fingerprint density at radius 2 is 2.05 bits per heavy atom. The van der Waals surface area contributed by atoms with Crippen molar-refractivity contribution in [3.05, 3.63) is 51.6 Å². The molecule has 0 saturated heterocycles. The molecule has 4 nitrogen and oxygen atoms in total. The Hall–Kier alpha value is -2.61. The molecule has 0 unspecified atom stereocenters. The minimum Gasteiger partial charge on any atom is -0.385 e. The van der Waals surface area contributed by atoms with Crippen molar-refractivity contribution in [2.75, 3.05) is 5.73 Å². The Labute approximate surface area is 109 Å². The molecule has 0 spiro atoms. The first-order valence-corrected chi connectivity index (χ1v) is 5.62. The predicted octanol–water partition coefficient (Wildman–Crippen LogP) is 1.95. The molecular weight excluding hydrogens is 245 g/mol. The summed E-state index contributed by atoms with van der Waals surface area (Å²) in [5.41, 5.74) is 6.74. The molecule has 0 aliphatic carbocycles. The summed E-state index contributed by atoms with van der Waals surface area (Å²) in [6.07, 6.45) is 0. The lowest BCUT2D eigenvalue weighted by atomic mass is 10.00. The maximum atomic E-state index is 13.3. The summed E-state index contributed by atoms with van der Waals surface area (Å²) in [7, 11) is 1.50. The average Bonchev–Trinajstić information content (AvgIpc) is 2.39. The predicted molar refractivity (Wildman–Crippen MR) is 70.9 cm³/mol. The Balaban J connectivity index is 2.79. The standard InChI is InChI=1S/C14H12FN3O/c1-8-5-9(3-4-12(8)15)10-6-13(17)18(2)14(19)11(10)7-16/h3-6H,17H2,1-2H3. The van der Waals surface area contributed by atoms with Crippen LogP contribution in [0.1, 0.15) is 11.1 Å². The van der Waals surface area contributed by atoms with Crippen LogP contribution in [0, 0.1) is 24.1 Å². The second-order valence-corrected chi connectivity index (χ2v) is 4.30. The molecule has 0 fully saturated rings. The first-order valence-electron chi connectivity index (χ1n) is 5.62. The van der Waals surface area contributed by atoms with Crippen LogP contribution in [0.4, 0.5) is 10.2 Å². The second-order valence-electron chi connectivity index (χ2n) is 4.30. The highest BCUT2D eigenvalue weighted by molar-refractivity contribution is 5.72. The Morgan fingerprint density at radius 1 is 1.37 bits per heavy atom. The van der Waals surface area contributed by atoms with Crippen LogP contribution in [-0.4, -0.2) is 4.57 Å². The molecule has 2 aromatic rings. The van der Waals surface area contributed by atoms with Gasteiger partial charge in [0.1, 0.15) is 23.3 Å².